The van der Waals surface area contributed by atoms with Gasteiger partial charge in [0.2, 0.25) is 12.5 Å². The number of methoxy groups -OCH3 is 1. The molecule has 1 aliphatic heterocycles. The maximum Gasteiger partial charge on any atom is 0.231 e. The maximum absolute atomic E-state index is 5.43. The summed E-state index contributed by atoms with van der Waals surface area (Å²) in [5, 5.41) is 3.38. The SMILES string of the molecule is COc1cc(CNc2ccc(Br)cc2Br)cc2c1OCO2. The molecule has 110 valence electrons. The van der Waals surface area contributed by atoms with E-state index in [1.807, 2.05) is 30.3 Å². The van der Waals surface area contributed by atoms with Crippen LogP contribution in [0.5, 0.6) is 17.2 Å². The number of anilines is 1. The van der Waals surface area contributed by atoms with Gasteiger partial charge in [-0.25, -0.2) is 0 Å². The van der Waals surface area contributed by atoms with Crippen LogP contribution >= 0.6 is 31.9 Å². The van der Waals surface area contributed by atoms with Gasteiger partial charge in [-0.05, 0) is 51.8 Å². The molecule has 0 aliphatic carbocycles. The number of halogens is 2. The molecule has 6 heteroatoms. The van der Waals surface area contributed by atoms with Crippen LogP contribution in [0.3, 0.4) is 0 Å². The minimum Gasteiger partial charge on any atom is -0.493 e. The highest BCUT2D eigenvalue weighted by Crippen LogP contribution is 2.42. The fourth-order valence-corrected chi connectivity index (χ4v) is 3.30. The van der Waals surface area contributed by atoms with Crippen LogP contribution in [0.25, 0.3) is 0 Å². The summed E-state index contributed by atoms with van der Waals surface area (Å²) in [5.41, 5.74) is 2.08. The summed E-state index contributed by atoms with van der Waals surface area (Å²) in [7, 11) is 1.62. The third-order valence-corrected chi connectivity index (χ3v) is 4.28. The van der Waals surface area contributed by atoms with Crippen molar-refractivity contribution in [1.82, 2.24) is 0 Å². The second-order valence-electron chi connectivity index (χ2n) is 4.51. The van der Waals surface area contributed by atoms with Crippen molar-refractivity contribution in [2.75, 3.05) is 19.2 Å². The largest absolute Gasteiger partial charge is 0.493 e. The smallest absolute Gasteiger partial charge is 0.231 e. The molecule has 1 aliphatic rings. The summed E-state index contributed by atoms with van der Waals surface area (Å²) < 4.78 is 18.2. The highest BCUT2D eigenvalue weighted by atomic mass is 79.9. The van der Waals surface area contributed by atoms with Crippen LogP contribution < -0.4 is 19.5 Å². The number of hydrogen-bond donors (Lipinski definition) is 1. The summed E-state index contributed by atoms with van der Waals surface area (Å²) >= 11 is 6.98. The lowest BCUT2D eigenvalue weighted by molar-refractivity contribution is 0.171. The van der Waals surface area contributed by atoms with Gasteiger partial charge in [0.05, 0.1) is 7.11 Å². The van der Waals surface area contributed by atoms with Crippen molar-refractivity contribution in [3.05, 3.63) is 44.8 Å². The standard InChI is InChI=1S/C15H13Br2NO3/c1-19-13-4-9(5-14-15(13)21-8-20-14)7-18-12-3-2-10(16)6-11(12)17/h2-6,18H,7-8H2,1H3. The van der Waals surface area contributed by atoms with Crippen LogP contribution in [-0.2, 0) is 6.54 Å². The first-order chi connectivity index (χ1) is 10.2. The van der Waals surface area contributed by atoms with E-state index >= 15 is 0 Å². The Hall–Kier alpha value is -1.40. The van der Waals surface area contributed by atoms with Crippen LogP contribution in [0.2, 0.25) is 0 Å². The molecule has 21 heavy (non-hydrogen) atoms. The normalized spacial score (nSPS) is 12.3. The zero-order chi connectivity index (χ0) is 14.8. The number of ether oxygens (including phenoxy) is 3. The summed E-state index contributed by atoms with van der Waals surface area (Å²) in [5.74, 6) is 2.09. The van der Waals surface area contributed by atoms with E-state index in [9.17, 15) is 0 Å². The number of nitrogens with one attached hydrogen (secondary N) is 1. The molecule has 2 aromatic rings. The molecule has 0 fully saturated rings. The molecule has 0 aromatic heterocycles. The molecule has 0 amide bonds. The van der Waals surface area contributed by atoms with Gasteiger partial charge in [0.15, 0.2) is 11.5 Å². The minimum atomic E-state index is 0.237. The van der Waals surface area contributed by atoms with Crippen molar-refractivity contribution in [1.29, 1.82) is 0 Å². The second-order valence-corrected chi connectivity index (χ2v) is 6.28. The Morgan fingerprint density at radius 1 is 1.19 bits per heavy atom. The van der Waals surface area contributed by atoms with Crippen molar-refractivity contribution in [3.8, 4) is 17.2 Å². The quantitative estimate of drug-likeness (QED) is 0.795. The Kier molecular flexibility index (Phi) is 4.26. The van der Waals surface area contributed by atoms with Gasteiger partial charge in [0, 0.05) is 21.2 Å². The van der Waals surface area contributed by atoms with E-state index in [2.05, 4.69) is 37.2 Å². The zero-order valence-electron chi connectivity index (χ0n) is 11.3. The van der Waals surface area contributed by atoms with Crippen molar-refractivity contribution in [2.45, 2.75) is 6.54 Å². The predicted octanol–water partition coefficient (Wildman–Crippen LogP) is 4.56. The Morgan fingerprint density at radius 2 is 2.05 bits per heavy atom. The van der Waals surface area contributed by atoms with E-state index in [-0.39, 0.29) is 6.79 Å². The number of fused-ring (bicyclic) bond motifs is 1. The third kappa shape index (κ3) is 3.11. The lowest BCUT2D eigenvalue weighted by Gasteiger charge is -2.11. The minimum absolute atomic E-state index is 0.237. The number of benzene rings is 2. The molecule has 1 N–H and O–H groups in total. The van der Waals surface area contributed by atoms with Crippen molar-refractivity contribution in [3.63, 3.8) is 0 Å². The summed E-state index contributed by atoms with van der Waals surface area (Å²) in [6.45, 7) is 0.897. The fourth-order valence-electron chi connectivity index (χ4n) is 2.12. The predicted molar refractivity (Wildman–Crippen MR) is 88.3 cm³/mol. The van der Waals surface area contributed by atoms with E-state index in [4.69, 9.17) is 14.2 Å². The van der Waals surface area contributed by atoms with E-state index in [1.54, 1.807) is 7.11 Å². The molecule has 0 saturated heterocycles. The first kappa shape index (κ1) is 14.5. The Labute approximate surface area is 139 Å². The highest BCUT2D eigenvalue weighted by Gasteiger charge is 2.19. The molecule has 0 saturated carbocycles. The van der Waals surface area contributed by atoms with Gasteiger partial charge < -0.3 is 19.5 Å². The fraction of sp³-hybridized carbons (Fsp3) is 0.200. The lowest BCUT2D eigenvalue weighted by Crippen LogP contribution is -2.00. The van der Waals surface area contributed by atoms with Crippen LogP contribution in [0.1, 0.15) is 5.56 Å². The molecule has 0 spiro atoms. The average Bonchev–Trinajstić information content (AvgIpc) is 2.93. The van der Waals surface area contributed by atoms with E-state index in [0.717, 1.165) is 25.9 Å². The Bertz CT molecular complexity index is 676. The monoisotopic (exact) mass is 413 g/mol. The van der Waals surface area contributed by atoms with Crippen LogP contribution in [0.15, 0.2) is 39.3 Å². The Balaban J connectivity index is 1.79. The van der Waals surface area contributed by atoms with Gasteiger partial charge in [-0.15, -0.1) is 0 Å². The molecule has 0 unspecified atom stereocenters. The average molecular weight is 415 g/mol. The first-order valence-corrected chi connectivity index (χ1v) is 7.91. The molecule has 3 rings (SSSR count). The number of hydrogen-bond acceptors (Lipinski definition) is 4. The summed E-state index contributed by atoms with van der Waals surface area (Å²) in [6, 6.07) is 9.92. The summed E-state index contributed by atoms with van der Waals surface area (Å²) in [6.07, 6.45) is 0. The van der Waals surface area contributed by atoms with Gasteiger partial charge in [-0.3, -0.25) is 0 Å². The van der Waals surface area contributed by atoms with Gasteiger partial charge in [0.25, 0.3) is 0 Å². The first-order valence-electron chi connectivity index (χ1n) is 6.33. The molecule has 0 radical (unpaired) electrons. The molecule has 4 nitrogen and oxygen atoms in total. The van der Waals surface area contributed by atoms with Crippen molar-refractivity contribution < 1.29 is 14.2 Å². The van der Waals surface area contributed by atoms with E-state index in [0.29, 0.717) is 18.0 Å². The van der Waals surface area contributed by atoms with Crippen molar-refractivity contribution in [2.24, 2.45) is 0 Å². The van der Waals surface area contributed by atoms with Crippen molar-refractivity contribution >= 4 is 37.5 Å². The van der Waals surface area contributed by atoms with Crippen LogP contribution in [0.4, 0.5) is 5.69 Å². The maximum atomic E-state index is 5.43. The van der Waals surface area contributed by atoms with Gasteiger partial charge in [-0.1, -0.05) is 15.9 Å². The third-order valence-electron chi connectivity index (χ3n) is 3.13. The lowest BCUT2D eigenvalue weighted by atomic mass is 10.1. The second kappa shape index (κ2) is 6.15. The molecule has 0 atom stereocenters. The molecule has 2 aromatic carbocycles. The summed E-state index contributed by atoms with van der Waals surface area (Å²) in [4.78, 5) is 0. The van der Waals surface area contributed by atoms with Gasteiger partial charge in [-0.2, -0.15) is 0 Å². The highest BCUT2D eigenvalue weighted by molar-refractivity contribution is 9.11. The van der Waals surface area contributed by atoms with Crippen LogP contribution in [-0.4, -0.2) is 13.9 Å². The van der Waals surface area contributed by atoms with E-state index < -0.39 is 0 Å². The van der Waals surface area contributed by atoms with Crippen LogP contribution in [0, 0.1) is 0 Å². The van der Waals surface area contributed by atoms with Gasteiger partial charge in [0.1, 0.15) is 0 Å². The molecule has 1 heterocycles. The van der Waals surface area contributed by atoms with Gasteiger partial charge >= 0.3 is 0 Å². The Morgan fingerprint density at radius 3 is 2.81 bits per heavy atom. The molecule has 0 bridgehead atoms. The zero-order valence-corrected chi connectivity index (χ0v) is 14.5. The number of rotatable bonds is 4. The molecular weight excluding hydrogens is 402 g/mol. The van der Waals surface area contributed by atoms with E-state index in [1.165, 1.54) is 0 Å². The molecular formula is C15H13Br2NO3. The topological polar surface area (TPSA) is 39.7 Å².